The number of benzene rings is 1. The van der Waals surface area contributed by atoms with E-state index in [0.717, 1.165) is 12.6 Å². The van der Waals surface area contributed by atoms with Gasteiger partial charge in [0.15, 0.2) is 0 Å². The monoisotopic (exact) mass is 323 g/mol. The van der Waals surface area contributed by atoms with Crippen molar-refractivity contribution in [3.8, 4) is 11.6 Å². The van der Waals surface area contributed by atoms with Crippen LogP contribution in [0.15, 0.2) is 42.6 Å². The van der Waals surface area contributed by atoms with E-state index in [1.165, 1.54) is 6.07 Å². The van der Waals surface area contributed by atoms with Crippen molar-refractivity contribution in [1.29, 1.82) is 0 Å². The van der Waals surface area contributed by atoms with Crippen molar-refractivity contribution < 1.29 is 13.9 Å². The van der Waals surface area contributed by atoms with Crippen molar-refractivity contribution >= 4 is 11.6 Å². The molecule has 5 heteroatoms. The van der Waals surface area contributed by atoms with Gasteiger partial charge in [0, 0.05) is 6.42 Å². The van der Waals surface area contributed by atoms with Gasteiger partial charge in [-0.2, -0.15) is 0 Å². The normalized spacial score (nSPS) is 12.2. The Balaban J connectivity index is 2.09. The molecule has 0 aliphatic carbocycles. The molecular formula is C17H19ClFNO2. The Labute approximate surface area is 135 Å². The molecule has 0 aliphatic rings. The molecule has 22 heavy (non-hydrogen) atoms. The van der Waals surface area contributed by atoms with Crippen molar-refractivity contribution in [2.75, 3.05) is 0 Å². The van der Waals surface area contributed by atoms with E-state index in [4.69, 9.17) is 21.1 Å². The number of para-hydroxylation sites is 1. The maximum absolute atomic E-state index is 13.1. The molecular weight excluding hydrogens is 305 g/mol. The van der Waals surface area contributed by atoms with Gasteiger partial charge in [-0.1, -0.05) is 43.6 Å². The molecule has 0 spiro atoms. The highest BCUT2D eigenvalue weighted by molar-refractivity contribution is 6.31. The van der Waals surface area contributed by atoms with Gasteiger partial charge in [0.05, 0.1) is 6.20 Å². The summed E-state index contributed by atoms with van der Waals surface area (Å²) < 4.78 is 24.6. The van der Waals surface area contributed by atoms with E-state index in [1.807, 2.05) is 30.3 Å². The van der Waals surface area contributed by atoms with Gasteiger partial charge in [-0.15, -0.1) is 0 Å². The lowest BCUT2D eigenvalue weighted by atomic mass is 10.1. The minimum Gasteiger partial charge on any atom is -0.455 e. The molecule has 1 aromatic heterocycles. The Morgan fingerprint density at radius 1 is 1.14 bits per heavy atom. The van der Waals surface area contributed by atoms with Gasteiger partial charge >= 0.3 is 0 Å². The summed E-state index contributed by atoms with van der Waals surface area (Å²) in [6.45, 7) is 4.26. The van der Waals surface area contributed by atoms with Crippen LogP contribution >= 0.6 is 11.6 Å². The summed E-state index contributed by atoms with van der Waals surface area (Å²) in [6, 6.07) is 10.6. The number of hydrogen-bond acceptors (Lipinski definition) is 3. The fourth-order valence-electron chi connectivity index (χ4n) is 1.88. The molecule has 2 aromatic rings. The van der Waals surface area contributed by atoms with Gasteiger partial charge < -0.3 is 9.47 Å². The van der Waals surface area contributed by atoms with E-state index in [9.17, 15) is 4.39 Å². The van der Waals surface area contributed by atoms with Gasteiger partial charge in [-0.3, -0.25) is 0 Å². The van der Waals surface area contributed by atoms with Crippen LogP contribution in [0, 0.1) is 11.7 Å². The van der Waals surface area contributed by atoms with Crippen LogP contribution < -0.4 is 9.47 Å². The smallest absolute Gasteiger partial charge is 0.243 e. The van der Waals surface area contributed by atoms with Crippen molar-refractivity contribution in [3.63, 3.8) is 0 Å². The predicted octanol–water partition coefficient (Wildman–Crippen LogP) is 5.09. The minimum absolute atomic E-state index is 0.131. The van der Waals surface area contributed by atoms with E-state index in [0.29, 0.717) is 18.1 Å². The van der Waals surface area contributed by atoms with Crippen molar-refractivity contribution in [3.05, 3.63) is 53.4 Å². The zero-order valence-corrected chi connectivity index (χ0v) is 13.4. The number of rotatable bonds is 7. The summed E-state index contributed by atoms with van der Waals surface area (Å²) in [5, 5.41) is 0.131. The van der Waals surface area contributed by atoms with Crippen LogP contribution in [0.4, 0.5) is 4.39 Å². The minimum atomic E-state index is -0.528. The third-order valence-corrected chi connectivity index (χ3v) is 3.28. The number of hydrogen-bond donors (Lipinski definition) is 0. The number of ether oxygens (including phenoxy) is 2. The molecule has 118 valence electrons. The van der Waals surface area contributed by atoms with Crippen molar-refractivity contribution in [2.24, 2.45) is 5.92 Å². The van der Waals surface area contributed by atoms with Crippen LogP contribution in [0.3, 0.4) is 0 Å². The topological polar surface area (TPSA) is 31.4 Å². The molecule has 0 fully saturated rings. The lowest BCUT2D eigenvalue weighted by Gasteiger charge is -2.21. The molecule has 0 bridgehead atoms. The molecule has 0 saturated carbocycles. The number of halogens is 2. The average Bonchev–Trinajstić information content (AvgIpc) is 2.48. The van der Waals surface area contributed by atoms with Crippen LogP contribution in [0.2, 0.25) is 5.02 Å². The summed E-state index contributed by atoms with van der Waals surface area (Å²) in [5.41, 5.74) is 0. The quantitative estimate of drug-likeness (QED) is 0.665. The molecule has 2 rings (SSSR count). The van der Waals surface area contributed by atoms with Gasteiger partial charge in [0.25, 0.3) is 0 Å². The highest BCUT2D eigenvalue weighted by Gasteiger charge is 2.16. The van der Waals surface area contributed by atoms with Crippen LogP contribution in [0.5, 0.6) is 11.6 Å². The average molecular weight is 324 g/mol. The lowest BCUT2D eigenvalue weighted by molar-refractivity contribution is -0.00759. The van der Waals surface area contributed by atoms with Crippen LogP contribution in [-0.4, -0.2) is 11.3 Å². The second-order valence-electron chi connectivity index (χ2n) is 5.39. The summed E-state index contributed by atoms with van der Waals surface area (Å²) in [4.78, 5) is 3.88. The molecule has 0 N–H and O–H groups in total. The van der Waals surface area contributed by atoms with E-state index < -0.39 is 12.1 Å². The molecule has 3 nitrogen and oxygen atoms in total. The second-order valence-corrected chi connectivity index (χ2v) is 5.80. The molecule has 0 saturated heterocycles. The van der Waals surface area contributed by atoms with E-state index in [-0.39, 0.29) is 10.9 Å². The van der Waals surface area contributed by atoms with Crippen molar-refractivity contribution in [1.82, 2.24) is 4.98 Å². The first-order valence-electron chi connectivity index (χ1n) is 7.24. The van der Waals surface area contributed by atoms with Gasteiger partial charge in [-0.05, 0) is 30.5 Å². The number of nitrogens with zero attached hydrogens (tertiary/aromatic N) is 1. The lowest BCUT2D eigenvalue weighted by Crippen LogP contribution is -2.25. The molecule has 0 amide bonds. The highest BCUT2D eigenvalue weighted by atomic mass is 35.5. The second kappa shape index (κ2) is 7.99. The molecule has 1 heterocycles. The Kier molecular flexibility index (Phi) is 6.01. The first-order valence-corrected chi connectivity index (χ1v) is 7.62. The highest BCUT2D eigenvalue weighted by Crippen LogP contribution is 2.25. The van der Waals surface area contributed by atoms with Crippen LogP contribution in [0.1, 0.15) is 26.7 Å². The first kappa shape index (κ1) is 16.6. The summed E-state index contributed by atoms with van der Waals surface area (Å²) in [7, 11) is 0. The Morgan fingerprint density at radius 3 is 2.50 bits per heavy atom. The molecule has 0 aliphatic heterocycles. The molecule has 0 radical (unpaired) electrons. The van der Waals surface area contributed by atoms with E-state index in [2.05, 4.69) is 18.8 Å². The Bertz CT molecular complexity index is 592. The first-order chi connectivity index (χ1) is 10.5. The molecule has 1 aromatic carbocycles. The van der Waals surface area contributed by atoms with E-state index >= 15 is 0 Å². The zero-order chi connectivity index (χ0) is 15.9. The molecule has 1 unspecified atom stereocenters. The van der Waals surface area contributed by atoms with Crippen molar-refractivity contribution in [2.45, 2.75) is 33.0 Å². The third-order valence-electron chi connectivity index (χ3n) is 3.01. The van der Waals surface area contributed by atoms with Crippen LogP contribution in [-0.2, 0) is 0 Å². The Hall–Kier alpha value is -1.81. The Morgan fingerprint density at radius 2 is 1.86 bits per heavy atom. The summed E-state index contributed by atoms with van der Waals surface area (Å²) >= 11 is 5.96. The third kappa shape index (κ3) is 5.19. The SMILES string of the molecule is CC(C)CCC(Oc1ccccc1)Oc1ncc(F)cc1Cl. The van der Waals surface area contributed by atoms with E-state index in [1.54, 1.807) is 0 Å². The van der Waals surface area contributed by atoms with Gasteiger partial charge in [0.2, 0.25) is 12.2 Å². The van der Waals surface area contributed by atoms with Gasteiger partial charge in [-0.25, -0.2) is 9.37 Å². The summed E-state index contributed by atoms with van der Waals surface area (Å²) in [5.74, 6) is 0.893. The number of pyridine rings is 1. The van der Waals surface area contributed by atoms with Gasteiger partial charge in [0.1, 0.15) is 16.6 Å². The fourth-order valence-corrected chi connectivity index (χ4v) is 2.07. The largest absolute Gasteiger partial charge is 0.455 e. The fraction of sp³-hybridized carbons (Fsp3) is 0.353. The predicted molar refractivity (Wildman–Crippen MR) is 84.8 cm³/mol. The van der Waals surface area contributed by atoms with Crippen LogP contribution in [0.25, 0.3) is 0 Å². The maximum Gasteiger partial charge on any atom is 0.243 e. The molecule has 1 atom stereocenters. The standard InChI is InChI=1S/C17H19ClFNO2/c1-12(2)8-9-16(21-14-6-4-3-5-7-14)22-17-15(18)10-13(19)11-20-17/h3-7,10-12,16H,8-9H2,1-2H3. The summed E-state index contributed by atoms with van der Waals surface area (Å²) in [6.07, 6.45) is 2.15. The maximum atomic E-state index is 13.1. The zero-order valence-electron chi connectivity index (χ0n) is 12.6. The number of aromatic nitrogens is 1.